The van der Waals surface area contributed by atoms with E-state index in [1.807, 2.05) is 0 Å². The molecule has 0 bridgehead atoms. The van der Waals surface area contributed by atoms with Gasteiger partial charge >= 0.3 is 0 Å². The number of furan rings is 4. The topological polar surface area (TPSA) is 52.6 Å². The highest BCUT2D eigenvalue weighted by atomic mass is 16.3. The zero-order chi connectivity index (χ0) is 36.1. The molecule has 0 atom stereocenters. The van der Waals surface area contributed by atoms with Gasteiger partial charge in [-0.1, -0.05) is 113 Å². The van der Waals surface area contributed by atoms with Crippen molar-refractivity contribution < 1.29 is 17.7 Å². The van der Waals surface area contributed by atoms with Gasteiger partial charge in [-0.3, -0.25) is 0 Å². The minimum Gasteiger partial charge on any atom is -0.455 e. The van der Waals surface area contributed by atoms with E-state index in [9.17, 15) is 0 Å². The number of rotatable bonds is 0. The Morgan fingerprint density at radius 2 is 0.714 bits per heavy atom. The summed E-state index contributed by atoms with van der Waals surface area (Å²) in [5.41, 5.74) is 16.9. The van der Waals surface area contributed by atoms with Crippen molar-refractivity contribution in [2.75, 3.05) is 0 Å². The smallest absolute Gasteiger partial charge is 0.244 e. The van der Waals surface area contributed by atoms with Crippen LogP contribution in [0.1, 0.15) is 5.56 Å². The van der Waals surface area contributed by atoms with Crippen LogP contribution in [0.5, 0.6) is 0 Å². The average Bonchev–Trinajstić information content (AvgIpc) is 4.00. The molecular weight excluding hydrogens is 687 g/mol. The van der Waals surface area contributed by atoms with Gasteiger partial charge < -0.3 is 17.7 Å². The zero-order valence-corrected chi connectivity index (χ0v) is 29.9. The molecule has 4 nitrogen and oxygen atoms in total. The van der Waals surface area contributed by atoms with Crippen LogP contribution in [0.3, 0.4) is 0 Å². The molecule has 13 aromatic rings. The summed E-state index contributed by atoms with van der Waals surface area (Å²) in [4.78, 5) is 0. The lowest BCUT2D eigenvalue weighted by Gasteiger charge is -2.34. The van der Waals surface area contributed by atoms with Gasteiger partial charge in [-0.2, -0.15) is 0 Å². The molecule has 0 fully saturated rings. The first kappa shape index (κ1) is 28.2. The van der Waals surface area contributed by atoms with Crippen LogP contribution in [0.4, 0.5) is 0 Å². The van der Waals surface area contributed by atoms with Crippen LogP contribution >= 0.6 is 0 Å². The Balaban J connectivity index is 1.24. The zero-order valence-electron chi connectivity index (χ0n) is 29.9. The average molecular weight is 713 g/mol. The molecule has 0 spiro atoms. The first-order chi connectivity index (χ1) is 27.7. The molecule has 256 valence electrons. The van der Waals surface area contributed by atoms with Crippen LogP contribution in [-0.4, -0.2) is 6.71 Å². The standard InChI is InChI=1S/C51H25BO4/c1-24-18-33-45-43-35(20-29-25-10-2-8-16-41(25)55-50(29)45)48-31(27-12-4-6-14-39(27)53-48)22-37(43)52-38-23-32-28-13-5-7-15-40(28)54-49(32)36-21-30-26-11-3-9-17-42(26)56-51(30)46(44(36)38)34(19-24)47(33)52/h2-23H,1H3. The van der Waals surface area contributed by atoms with Crippen molar-refractivity contribution in [2.45, 2.75) is 6.92 Å². The van der Waals surface area contributed by atoms with Crippen molar-refractivity contribution in [1.29, 1.82) is 0 Å². The van der Waals surface area contributed by atoms with Crippen LogP contribution in [-0.2, 0) is 0 Å². The molecule has 9 aromatic carbocycles. The number of para-hydroxylation sites is 4. The molecule has 0 saturated carbocycles. The monoisotopic (exact) mass is 712 g/mol. The molecule has 2 aliphatic heterocycles. The van der Waals surface area contributed by atoms with Gasteiger partial charge in [0.1, 0.15) is 44.7 Å². The van der Waals surface area contributed by atoms with Gasteiger partial charge in [-0.25, -0.2) is 0 Å². The summed E-state index contributed by atoms with van der Waals surface area (Å²) in [6, 6.07) is 48.0. The lowest BCUT2D eigenvalue weighted by molar-refractivity contribution is 0.669. The van der Waals surface area contributed by atoms with E-state index in [4.69, 9.17) is 17.7 Å². The van der Waals surface area contributed by atoms with Crippen molar-refractivity contribution in [2.24, 2.45) is 0 Å². The predicted octanol–water partition coefficient (Wildman–Crippen LogP) is 12.4. The molecule has 2 aliphatic rings. The fourth-order valence-corrected chi connectivity index (χ4v) is 10.9. The Labute approximate surface area is 317 Å². The van der Waals surface area contributed by atoms with Gasteiger partial charge in [0, 0.05) is 65.0 Å². The Kier molecular flexibility index (Phi) is 4.71. The molecule has 6 heterocycles. The highest BCUT2D eigenvalue weighted by Crippen LogP contribution is 2.50. The molecule has 0 N–H and O–H groups in total. The van der Waals surface area contributed by atoms with Crippen LogP contribution in [0.15, 0.2) is 151 Å². The Morgan fingerprint density at radius 3 is 1.12 bits per heavy atom. The van der Waals surface area contributed by atoms with Gasteiger partial charge in [-0.15, -0.1) is 0 Å². The fraction of sp³-hybridized carbons (Fsp3) is 0.0196. The Bertz CT molecular complexity index is 3760. The molecule has 0 unspecified atom stereocenters. The van der Waals surface area contributed by atoms with Gasteiger partial charge in [0.2, 0.25) is 6.71 Å². The second-order valence-electron chi connectivity index (χ2n) is 15.9. The maximum absolute atomic E-state index is 6.94. The van der Waals surface area contributed by atoms with Crippen molar-refractivity contribution in [3.05, 3.63) is 139 Å². The molecule has 0 radical (unpaired) electrons. The third-order valence-corrected chi connectivity index (χ3v) is 13.0. The highest BCUT2D eigenvalue weighted by molar-refractivity contribution is 7.02. The number of benzene rings is 9. The van der Waals surface area contributed by atoms with E-state index in [2.05, 4.69) is 140 Å². The van der Waals surface area contributed by atoms with E-state index in [0.717, 1.165) is 110 Å². The maximum atomic E-state index is 6.94. The van der Waals surface area contributed by atoms with E-state index in [0.29, 0.717) is 0 Å². The summed E-state index contributed by atoms with van der Waals surface area (Å²) < 4.78 is 27.5. The molecule has 15 rings (SSSR count). The van der Waals surface area contributed by atoms with Crippen LogP contribution in [0, 0.1) is 6.92 Å². The highest BCUT2D eigenvalue weighted by Gasteiger charge is 2.42. The summed E-state index contributed by atoms with van der Waals surface area (Å²) in [7, 11) is 0. The van der Waals surface area contributed by atoms with Gasteiger partial charge in [-0.05, 0) is 70.8 Å². The fourth-order valence-electron chi connectivity index (χ4n) is 10.9. The molecule has 56 heavy (non-hydrogen) atoms. The third kappa shape index (κ3) is 3.13. The first-order valence-corrected chi connectivity index (χ1v) is 19.3. The van der Waals surface area contributed by atoms with Gasteiger partial charge in [0.25, 0.3) is 0 Å². The van der Waals surface area contributed by atoms with Crippen molar-refractivity contribution in [1.82, 2.24) is 0 Å². The van der Waals surface area contributed by atoms with E-state index < -0.39 is 0 Å². The van der Waals surface area contributed by atoms with E-state index in [1.54, 1.807) is 0 Å². The number of aryl methyl sites for hydroxylation is 1. The minimum absolute atomic E-state index is 0.0784. The largest absolute Gasteiger partial charge is 0.455 e. The second kappa shape index (κ2) is 9.34. The Hall–Kier alpha value is -7.24. The predicted molar refractivity (Wildman–Crippen MR) is 231 cm³/mol. The lowest BCUT2D eigenvalue weighted by Crippen LogP contribution is -2.57. The minimum atomic E-state index is -0.0784. The summed E-state index contributed by atoms with van der Waals surface area (Å²) in [5, 5.41) is 13.5. The van der Waals surface area contributed by atoms with Crippen molar-refractivity contribution >= 4 is 132 Å². The normalized spacial score (nSPS) is 13.4. The molecule has 0 saturated heterocycles. The summed E-state index contributed by atoms with van der Waals surface area (Å²) in [6.07, 6.45) is 0. The SMILES string of the molecule is Cc1cc2c3c(c1)-c1c4oc5ccccc5c4cc4c1c(cc1c5ccccc5oc41)B3c1cc3c4ccccc4oc3c3cc4c(oc5ccccc54)c-2c13. The van der Waals surface area contributed by atoms with Crippen LogP contribution in [0.2, 0.25) is 0 Å². The second-order valence-corrected chi connectivity index (χ2v) is 15.9. The quantitative estimate of drug-likeness (QED) is 0.147. The van der Waals surface area contributed by atoms with Crippen molar-refractivity contribution in [3.8, 4) is 22.3 Å². The summed E-state index contributed by atoms with van der Waals surface area (Å²) >= 11 is 0. The maximum Gasteiger partial charge on any atom is 0.244 e. The van der Waals surface area contributed by atoms with Crippen LogP contribution < -0.4 is 16.4 Å². The number of fused-ring (bicyclic) bond motifs is 20. The first-order valence-electron chi connectivity index (χ1n) is 19.3. The van der Waals surface area contributed by atoms with E-state index in [1.165, 1.54) is 43.9 Å². The van der Waals surface area contributed by atoms with E-state index >= 15 is 0 Å². The molecule has 5 heteroatoms. The molecule has 0 aliphatic carbocycles. The lowest BCUT2D eigenvalue weighted by atomic mass is 9.31. The van der Waals surface area contributed by atoms with Crippen molar-refractivity contribution in [3.63, 3.8) is 0 Å². The number of hydrogen-bond acceptors (Lipinski definition) is 4. The van der Waals surface area contributed by atoms with Gasteiger partial charge in [0.05, 0.1) is 0 Å². The Morgan fingerprint density at radius 1 is 0.357 bits per heavy atom. The van der Waals surface area contributed by atoms with E-state index in [-0.39, 0.29) is 6.71 Å². The summed E-state index contributed by atoms with van der Waals surface area (Å²) in [5.74, 6) is 0. The molecular formula is C51H25BO4. The molecule has 4 aromatic heterocycles. The summed E-state index contributed by atoms with van der Waals surface area (Å²) in [6.45, 7) is 2.14. The molecule has 0 amide bonds. The van der Waals surface area contributed by atoms with Gasteiger partial charge in [0.15, 0.2) is 0 Å². The van der Waals surface area contributed by atoms with Crippen LogP contribution in [0.25, 0.3) is 132 Å². The number of hydrogen-bond donors (Lipinski definition) is 0. The third-order valence-electron chi connectivity index (χ3n) is 13.0.